The summed E-state index contributed by atoms with van der Waals surface area (Å²) < 4.78 is 0. The van der Waals surface area contributed by atoms with Crippen LogP contribution in [0, 0.1) is 12.8 Å². The summed E-state index contributed by atoms with van der Waals surface area (Å²) in [5.74, 6) is 0.771. The second kappa shape index (κ2) is 5.13. The first kappa shape index (κ1) is 10.4. The van der Waals surface area contributed by atoms with Crippen molar-refractivity contribution < 1.29 is 0 Å². The van der Waals surface area contributed by atoms with E-state index in [2.05, 4.69) is 48.7 Å². The number of allylic oxidation sites excluding steroid dienone is 1. The minimum absolute atomic E-state index is 0.771. The lowest BCUT2D eigenvalue weighted by atomic mass is 9.97. The summed E-state index contributed by atoms with van der Waals surface area (Å²) in [5, 5.41) is 3.39. The van der Waals surface area contributed by atoms with Gasteiger partial charge < -0.3 is 5.32 Å². The molecular formula is C14H19N. The Hall–Kier alpha value is -1.08. The van der Waals surface area contributed by atoms with E-state index in [0.29, 0.717) is 0 Å². The SMILES string of the molecule is Cc1ccc(/C=C\C2CCNCC2)cc1. The van der Waals surface area contributed by atoms with Crippen LogP contribution in [0.2, 0.25) is 0 Å². The summed E-state index contributed by atoms with van der Waals surface area (Å²) in [4.78, 5) is 0. The smallest absolute Gasteiger partial charge is 0.00433 e. The molecule has 1 saturated heterocycles. The molecule has 0 unspecified atom stereocenters. The maximum atomic E-state index is 3.39. The highest BCUT2D eigenvalue weighted by Crippen LogP contribution is 2.15. The molecule has 0 atom stereocenters. The lowest BCUT2D eigenvalue weighted by Crippen LogP contribution is -2.26. The average Bonchev–Trinajstić information content (AvgIpc) is 2.30. The molecule has 80 valence electrons. The van der Waals surface area contributed by atoms with Crippen LogP contribution in [0.25, 0.3) is 6.08 Å². The summed E-state index contributed by atoms with van der Waals surface area (Å²) in [6.07, 6.45) is 7.19. The third-order valence-electron chi connectivity index (χ3n) is 3.02. The van der Waals surface area contributed by atoms with Gasteiger partial charge in [0.1, 0.15) is 0 Å². The maximum Gasteiger partial charge on any atom is -0.00433 e. The van der Waals surface area contributed by atoms with Crippen LogP contribution >= 0.6 is 0 Å². The Morgan fingerprint density at radius 1 is 1.13 bits per heavy atom. The molecule has 1 nitrogen and oxygen atoms in total. The van der Waals surface area contributed by atoms with E-state index in [1.165, 1.54) is 37.1 Å². The molecule has 0 aliphatic carbocycles. The molecule has 1 aromatic carbocycles. The zero-order valence-electron chi connectivity index (χ0n) is 9.37. The molecule has 1 heterocycles. The zero-order valence-corrected chi connectivity index (χ0v) is 9.37. The molecule has 1 heteroatoms. The second-order valence-electron chi connectivity index (χ2n) is 4.36. The summed E-state index contributed by atoms with van der Waals surface area (Å²) >= 11 is 0. The van der Waals surface area contributed by atoms with Crippen molar-refractivity contribution in [3.63, 3.8) is 0 Å². The van der Waals surface area contributed by atoms with Crippen molar-refractivity contribution in [3.8, 4) is 0 Å². The molecule has 1 fully saturated rings. The maximum absolute atomic E-state index is 3.39. The number of hydrogen-bond donors (Lipinski definition) is 1. The predicted molar refractivity (Wildman–Crippen MR) is 65.8 cm³/mol. The Labute approximate surface area is 92.2 Å². The van der Waals surface area contributed by atoms with Gasteiger partial charge in [0.25, 0.3) is 0 Å². The Morgan fingerprint density at radius 2 is 1.80 bits per heavy atom. The second-order valence-corrected chi connectivity index (χ2v) is 4.36. The van der Waals surface area contributed by atoms with E-state index in [4.69, 9.17) is 0 Å². The van der Waals surface area contributed by atoms with Gasteiger partial charge in [0, 0.05) is 0 Å². The van der Waals surface area contributed by atoms with Crippen LogP contribution in [0.15, 0.2) is 30.3 Å². The van der Waals surface area contributed by atoms with Gasteiger partial charge in [-0.15, -0.1) is 0 Å². The van der Waals surface area contributed by atoms with Gasteiger partial charge in [-0.25, -0.2) is 0 Å². The van der Waals surface area contributed by atoms with E-state index < -0.39 is 0 Å². The molecule has 0 radical (unpaired) electrons. The minimum Gasteiger partial charge on any atom is -0.317 e. The highest BCUT2D eigenvalue weighted by Gasteiger charge is 2.08. The normalized spacial score (nSPS) is 18.5. The van der Waals surface area contributed by atoms with E-state index in [9.17, 15) is 0 Å². The molecule has 1 aliphatic heterocycles. The standard InChI is InChI=1S/C14H19N/c1-12-2-4-13(5-3-12)6-7-14-8-10-15-11-9-14/h2-7,14-15H,8-11H2,1H3/b7-6-. The van der Waals surface area contributed by atoms with Gasteiger partial charge in [0.05, 0.1) is 0 Å². The van der Waals surface area contributed by atoms with Crippen molar-refractivity contribution in [2.24, 2.45) is 5.92 Å². The van der Waals surface area contributed by atoms with Crippen molar-refractivity contribution in [3.05, 3.63) is 41.5 Å². The first-order chi connectivity index (χ1) is 7.34. The average molecular weight is 201 g/mol. The quantitative estimate of drug-likeness (QED) is 0.775. The molecule has 1 N–H and O–H groups in total. The van der Waals surface area contributed by atoms with Crippen molar-refractivity contribution in [2.75, 3.05) is 13.1 Å². The van der Waals surface area contributed by atoms with Crippen molar-refractivity contribution in [1.29, 1.82) is 0 Å². The fraction of sp³-hybridized carbons (Fsp3) is 0.429. The van der Waals surface area contributed by atoms with E-state index in [1.807, 2.05) is 0 Å². The van der Waals surface area contributed by atoms with Gasteiger partial charge in [0.2, 0.25) is 0 Å². The zero-order chi connectivity index (χ0) is 10.5. The highest BCUT2D eigenvalue weighted by atomic mass is 14.9. The van der Waals surface area contributed by atoms with Gasteiger partial charge in [-0.2, -0.15) is 0 Å². The Balaban J connectivity index is 1.95. The van der Waals surface area contributed by atoms with Gasteiger partial charge in [-0.1, -0.05) is 42.0 Å². The van der Waals surface area contributed by atoms with E-state index in [1.54, 1.807) is 0 Å². The first-order valence-corrected chi connectivity index (χ1v) is 5.80. The molecule has 2 rings (SSSR count). The molecule has 0 amide bonds. The summed E-state index contributed by atoms with van der Waals surface area (Å²) in [6.45, 7) is 4.46. The fourth-order valence-corrected chi connectivity index (χ4v) is 1.96. The van der Waals surface area contributed by atoms with Gasteiger partial charge in [0.15, 0.2) is 0 Å². The van der Waals surface area contributed by atoms with E-state index in [0.717, 1.165) is 5.92 Å². The number of rotatable bonds is 2. The Bertz CT molecular complexity index is 318. The van der Waals surface area contributed by atoms with Crippen molar-refractivity contribution in [2.45, 2.75) is 19.8 Å². The topological polar surface area (TPSA) is 12.0 Å². The molecule has 0 spiro atoms. The van der Waals surface area contributed by atoms with Crippen molar-refractivity contribution in [1.82, 2.24) is 5.32 Å². The highest BCUT2D eigenvalue weighted by molar-refractivity contribution is 5.49. The summed E-state index contributed by atoms with van der Waals surface area (Å²) in [5.41, 5.74) is 2.65. The largest absolute Gasteiger partial charge is 0.317 e. The molecule has 0 bridgehead atoms. The van der Waals surface area contributed by atoms with Crippen molar-refractivity contribution >= 4 is 6.08 Å². The number of nitrogens with one attached hydrogen (secondary N) is 1. The molecular weight excluding hydrogens is 182 g/mol. The van der Waals surface area contributed by atoms with Crippen LogP contribution in [0.1, 0.15) is 24.0 Å². The van der Waals surface area contributed by atoms with Gasteiger partial charge in [-0.05, 0) is 44.3 Å². The van der Waals surface area contributed by atoms with E-state index >= 15 is 0 Å². The monoisotopic (exact) mass is 201 g/mol. The lowest BCUT2D eigenvalue weighted by molar-refractivity contribution is 0.438. The Kier molecular flexibility index (Phi) is 3.57. The first-order valence-electron chi connectivity index (χ1n) is 5.80. The number of piperidine rings is 1. The lowest BCUT2D eigenvalue weighted by Gasteiger charge is -2.19. The van der Waals surface area contributed by atoms with Crippen LogP contribution in [-0.4, -0.2) is 13.1 Å². The molecule has 0 aromatic heterocycles. The summed E-state index contributed by atoms with van der Waals surface area (Å²) in [7, 11) is 0. The number of hydrogen-bond acceptors (Lipinski definition) is 1. The van der Waals surface area contributed by atoms with Crippen LogP contribution in [0.3, 0.4) is 0 Å². The fourth-order valence-electron chi connectivity index (χ4n) is 1.96. The van der Waals surface area contributed by atoms with Gasteiger partial charge in [-0.3, -0.25) is 0 Å². The third-order valence-corrected chi connectivity index (χ3v) is 3.02. The van der Waals surface area contributed by atoms with Crippen LogP contribution < -0.4 is 5.32 Å². The van der Waals surface area contributed by atoms with Crippen LogP contribution in [-0.2, 0) is 0 Å². The minimum atomic E-state index is 0.771. The Morgan fingerprint density at radius 3 is 2.47 bits per heavy atom. The van der Waals surface area contributed by atoms with E-state index in [-0.39, 0.29) is 0 Å². The van der Waals surface area contributed by atoms with Crippen LogP contribution in [0.4, 0.5) is 0 Å². The van der Waals surface area contributed by atoms with Crippen LogP contribution in [0.5, 0.6) is 0 Å². The molecule has 1 aliphatic rings. The molecule has 0 saturated carbocycles. The molecule has 15 heavy (non-hydrogen) atoms. The third kappa shape index (κ3) is 3.21. The number of aryl methyl sites for hydroxylation is 1. The number of benzene rings is 1. The summed E-state index contributed by atoms with van der Waals surface area (Å²) in [6, 6.07) is 8.71. The van der Waals surface area contributed by atoms with Gasteiger partial charge >= 0.3 is 0 Å². The molecule has 1 aromatic rings. The predicted octanol–water partition coefficient (Wildman–Crippen LogP) is 3.01.